The Balaban J connectivity index is 1.50. The van der Waals surface area contributed by atoms with E-state index in [0.717, 1.165) is 23.3 Å². The van der Waals surface area contributed by atoms with Crippen LogP contribution in [-0.2, 0) is 17.6 Å². The van der Waals surface area contributed by atoms with Crippen molar-refractivity contribution in [3.05, 3.63) is 57.0 Å². The number of carbonyl (C=O) groups excluding carboxylic acids is 1. The third kappa shape index (κ3) is 3.10. The normalized spacial score (nSPS) is 20.7. The Hall–Kier alpha value is -1.72. The second-order valence-corrected chi connectivity index (χ2v) is 7.57. The first-order chi connectivity index (χ1) is 11.7. The van der Waals surface area contributed by atoms with Gasteiger partial charge in [0.1, 0.15) is 11.9 Å². The molecule has 0 saturated carbocycles. The predicted octanol–water partition coefficient (Wildman–Crippen LogP) is 3.98. The number of aryl methyl sites for hydroxylation is 2. The molecule has 1 aliphatic carbocycles. The summed E-state index contributed by atoms with van der Waals surface area (Å²) in [6.45, 7) is 1.64. The Morgan fingerprint density at radius 3 is 2.79 bits per heavy atom. The molecule has 2 heterocycles. The van der Waals surface area contributed by atoms with Crippen LogP contribution in [0.3, 0.4) is 0 Å². The highest BCUT2D eigenvalue weighted by Crippen LogP contribution is 2.31. The Kier molecular flexibility index (Phi) is 4.37. The van der Waals surface area contributed by atoms with Crippen LogP contribution in [0.25, 0.3) is 0 Å². The van der Waals surface area contributed by atoms with Gasteiger partial charge in [0.2, 0.25) is 0 Å². The predicted molar refractivity (Wildman–Crippen MR) is 92.0 cm³/mol. The quantitative estimate of drug-likeness (QED) is 0.824. The summed E-state index contributed by atoms with van der Waals surface area (Å²) in [4.78, 5) is 17.0. The summed E-state index contributed by atoms with van der Waals surface area (Å²) in [7, 11) is 0. The van der Waals surface area contributed by atoms with Crippen LogP contribution in [0.15, 0.2) is 30.3 Å². The van der Waals surface area contributed by atoms with Gasteiger partial charge in [-0.2, -0.15) is 0 Å². The maximum atomic E-state index is 13.1. The van der Waals surface area contributed by atoms with Gasteiger partial charge in [0.25, 0.3) is 5.91 Å². The molecule has 1 aliphatic heterocycles. The topological polar surface area (TPSA) is 29.5 Å². The molecule has 3 nitrogen and oxygen atoms in total. The molecule has 0 spiro atoms. The molecule has 1 amide bonds. The second-order valence-electron chi connectivity index (χ2n) is 6.43. The number of rotatable bonds is 2. The van der Waals surface area contributed by atoms with Crippen molar-refractivity contribution >= 4 is 17.2 Å². The average Bonchev–Trinajstić information content (AvgIpc) is 3.06. The number of thiophene rings is 1. The van der Waals surface area contributed by atoms with Gasteiger partial charge >= 0.3 is 0 Å². The van der Waals surface area contributed by atoms with Crippen LogP contribution in [0.5, 0.6) is 0 Å². The molecule has 1 atom stereocenters. The highest BCUT2D eigenvalue weighted by Gasteiger charge is 2.28. The molecule has 1 aromatic heterocycles. The van der Waals surface area contributed by atoms with Gasteiger partial charge in [0, 0.05) is 11.4 Å². The molecule has 1 fully saturated rings. The van der Waals surface area contributed by atoms with Gasteiger partial charge in [-0.3, -0.25) is 4.79 Å². The van der Waals surface area contributed by atoms with Gasteiger partial charge in [-0.25, -0.2) is 4.39 Å². The number of nitrogens with zero attached hydrogens (tertiary/aromatic N) is 1. The zero-order valence-corrected chi connectivity index (χ0v) is 14.3. The molecule has 126 valence electrons. The summed E-state index contributed by atoms with van der Waals surface area (Å²) < 4.78 is 18.9. The largest absolute Gasteiger partial charge is 0.370 e. The van der Waals surface area contributed by atoms with E-state index in [0.29, 0.717) is 19.7 Å². The van der Waals surface area contributed by atoms with Crippen LogP contribution in [-0.4, -0.2) is 30.5 Å². The van der Waals surface area contributed by atoms with Crippen molar-refractivity contribution in [2.45, 2.75) is 31.8 Å². The van der Waals surface area contributed by atoms with Crippen molar-refractivity contribution in [3.8, 4) is 0 Å². The van der Waals surface area contributed by atoms with Crippen LogP contribution in [0.1, 0.15) is 44.6 Å². The van der Waals surface area contributed by atoms with Crippen LogP contribution in [0.2, 0.25) is 0 Å². The number of hydrogen-bond acceptors (Lipinski definition) is 3. The summed E-state index contributed by atoms with van der Waals surface area (Å²) >= 11 is 1.65. The fourth-order valence-electron chi connectivity index (χ4n) is 3.46. The van der Waals surface area contributed by atoms with E-state index >= 15 is 0 Å². The van der Waals surface area contributed by atoms with Crippen molar-refractivity contribution in [3.63, 3.8) is 0 Å². The van der Waals surface area contributed by atoms with Crippen molar-refractivity contribution < 1.29 is 13.9 Å². The Morgan fingerprint density at radius 2 is 2.00 bits per heavy atom. The Labute approximate surface area is 145 Å². The molecular weight excluding hydrogens is 325 g/mol. The van der Waals surface area contributed by atoms with Gasteiger partial charge in [-0.1, -0.05) is 12.1 Å². The molecule has 0 radical (unpaired) electrons. The maximum Gasteiger partial charge on any atom is 0.264 e. The third-order valence-corrected chi connectivity index (χ3v) is 6.03. The Bertz CT molecular complexity index is 717. The number of amides is 1. The monoisotopic (exact) mass is 345 g/mol. The van der Waals surface area contributed by atoms with E-state index < -0.39 is 0 Å². The fourth-order valence-corrected chi connectivity index (χ4v) is 4.69. The van der Waals surface area contributed by atoms with E-state index in [-0.39, 0.29) is 17.8 Å². The molecule has 2 aliphatic rings. The van der Waals surface area contributed by atoms with Gasteiger partial charge in [-0.05, 0) is 55.0 Å². The van der Waals surface area contributed by atoms with Gasteiger partial charge in [-0.15, -0.1) is 11.3 Å². The average molecular weight is 345 g/mol. The highest BCUT2D eigenvalue weighted by atomic mass is 32.1. The first-order valence-electron chi connectivity index (χ1n) is 8.48. The number of halogens is 1. The molecular formula is C19H20FNO2S. The molecule has 5 heteroatoms. The van der Waals surface area contributed by atoms with E-state index in [1.165, 1.54) is 35.4 Å². The van der Waals surface area contributed by atoms with Gasteiger partial charge in [0.15, 0.2) is 0 Å². The minimum absolute atomic E-state index is 0.102. The maximum absolute atomic E-state index is 13.1. The lowest BCUT2D eigenvalue weighted by atomic mass is 9.99. The number of benzene rings is 1. The number of fused-ring (bicyclic) bond motifs is 1. The van der Waals surface area contributed by atoms with Crippen LogP contribution in [0.4, 0.5) is 4.39 Å². The van der Waals surface area contributed by atoms with E-state index in [4.69, 9.17) is 4.74 Å². The molecule has 1 aromatic carbocycles. The first-order valence-corrected chi connectivity index (χ1v) is 9.30. The summed E-state index contributed by atoms with van der Waals surface area (Å²) in [5.41, 5.74) is 2.28. The fraction of sp³-hybridized carbons (Fsp3) is 0.421. The van der Waals surface area contributed by atoms with E-state index in [1.807, 2.05) is 4.90 Å². The molecule has 0 bridgehead atoms. The zero-order chi connectivity index (χ0) is 16.5. The lowest BCUT2D eigenvalue weighted by Gasteiger charge is -2.33. The van der Waals surface area contributed by atoms with Gasteiger partial charge in [0.05, 0.1) is 18.0 Å². The Morgan fingerprint density at radius 1 is 1.21 bits per heavy atom. The summed E-state index contributed by atoms with van der Waals surface area (Å²) in [6, 6.07) is 8.43. The molecule has 2 aromatic rings. The molecule has 1 saturated heterocycles. The molecule has 1 unspecified atom stereocenters. The lowest BCUT2D eigenvalue weighted by molar-refractivity contribution is -0.0226. The van der Waals surface area contributed by atoms with Crippen LogP contribution < -0.4 is 0 Å². The first kappa shape index (κ1) is 15.8. The second kappa shape index (κ2) is 6.65. The molecule has 24 heavy (non-hydrogen) atoms. The number of ether oxygens (including phenoxy) is 1. The van der Waals surface area contributed by atoms with Crippen molar-refractivity contribution in [2.24, 2.45) is 0 Å². The minimum Gasteiger partial charge on any atom is -0.370 e. The number of hydrogen-bond donors (Lipinski definition) is 0. The lowest BCUT2D eigenvalue weighted by Crippen LogP contribution is -2.42. The molecule has 0 N–H and O–H groups in total. The summed E-state index contributed by atoms with van der Waals surface area (Å²) in [5, 5.41) is 0. The number of carbonyl (C=O) groups is 1. The third-order valence-electron chi connectivity index (χ3n) is 4.80. The van der Waals surface area contributed by atoms with Crippen molar-refractivity contribution in [1.82, 2.24) is 4.90 Å². The van der Waals surface area contributed by atoms with E-state index in [9.17, 15) is 9.18 Å². The smallest absolute Gasteiger partial charge is 0.264 e. The van der Waals surface area contributed by atoms with Crippen LogP contribution >= 0.6 is 11.3 Å². The summed E-state index contributed by atoms with van der Waals surface area (Å²) in [6.07, 6.45) is 4.47. The van der Waals surface area contributed by atoms with E-state index in [1.54, 1.807) is 23.5 Å². The van der Waals surface area contributed by atoms with E-state index in [2.05, 4.69) is 6.07 Å². The zero-order valence-electron chi connectivity index (χ0n) is 13.5. The standard InChI is InChI=1S/C19H20FNO2S/c20-15-7-5-13(6-8-15)16-12-21(9-10-23-16)19(22)18-11-14-3-1-2-4-17(14)24-18/h5-8,11,16H,1-4,9-10,12H2. The van der Waals surface area contributed by atoms with Gasteiger partial charge < -0.3 is 9.64 Å². The highest BCUT2D eigenvalue weighted by molar-refractivity contribution is 7.14. The number of morpholine rings is 1. The molecule has 4 rings (SSSR count). The summed E-state index contributed by atoms with van der Waals surface area (Å²) in [5.74, 6) is -0.156. The minimum atomic E-state index is -0.258. The van der Waals surface area contributed by atoms with Crippen molar-refractivity contribution in [2.75, 3.05) is 19.7 Å². The van der Waals surface area contributed by atoms with Crippen molar-refractivity contribution in [1.29, 1.82) is 0 Å². The van der Waals surface area contributed by atoms with Crippen LogP contribution in [0, 0.1) is 5.82 Å². The SMILES string of the molecule is O=C(c1cc2c(s1)CCCC2)N1CCOC(c2ccc(F)cc2)C1.